The second-order valence-corrected chi connectivity index (χ2v) is 5.53. The van der Waals surface area contributed by atoms with Crippen molar-refractivity contribution in [2.24, 2.45) is 0 Å². The van der Waals surface area contributed by atoms with Crippen molar-refractivity contribution < 1.29 is 4.79 Å². The number of carbonyl (C=O) groups excluding carboxylic acids is 1. The average molecular weight is 292 g/mol. The van der Waals surface area contributed by atoms with Crippen LogP contribution in [0, 0.1) is 0 Å². The van der Waals surface area contributed by atoms with Crippen LogP contribution >= 0.6 is 11.8 Å². The Balaban J connectivity index is 1.86. The second kappa shape index (κ2) is 7.79. The molecule has 0 aliphatic heterocycles. The molecule has 0 saturated heterocycles. The minimum absolute atomic E-state index is 0.0785. The molecule has 20 heavy (non-hydrogen) atoms. The standard InChI is InChI=1S/C14H20N4OS/c1-20-9-5-13(18-7-2-3-8-18)14(19)16-6-4-12-10-15-11-17-12/h2-3,7-8,10-11,13H,4-6,9H2,1H3,(H,15,17)(H,16,19)/t13-/m0/s1. The molecule has 0 aliphatic carbocycles. The molecule has 6 heteroatoms. The molecule has 1 amide bonds. The highest BCUT2D eigenvalue weighted by molar-refractivity contribution is 7.98. The highest BCUT2D eigenvalue weighted by atomic mass is 32.2. The molecule has 0 saturated carbocycles. The van der Waals surface area contributed by atoms with Gasteiger partial charge in [0, 0.05) is 37.3 Å². The lowest BCUT2D eigenvalue weighted by molar-refractivity contribution is -0.124. The number of nitrogens with zero attached hydrogens (tertiary/aromatic N) is 2. The zero-order valence-electron chi connectivity index (χ0n) is 11.6. The first kappa shape index (κ1) is 14.7. The summed E-state index contributed by atoms with van der Waals surface area (Å²) in [5.41, 5.74) is 1.03. The number of amides is 1. The predicted octanol–water partition coefficient (Wildman–Crippen LogP) is 1.86. The van der Waals surface area contributed by atoms with Crippen molar-refractivity contribution in [3.8, 4) is 0 Å². The molecule has 0 unspecified atom stereocenters. The Labute approximate surface area is 123 Å². The maximum absolute atomic E-state index is 12.3. The van der Waals surface area contributed by atoms with E-state index in [-0.39, 0.29) is 11.9 Å². The van der Waals surface area contributed by atoms with Crippen molar-refractivity contribution in [1.29, 1.82) is 0 Å². The van der Waals surface area contributed by atoms with Gasteiger partial charge < -0.3 is 14.9 Å². The second-order valence-electron chi connectivity index (χ2n) is 4.55. The van der Waals surface area contributed by atoms with Crippen LogP contribution in [0.3, 0.4) is 0 Å². The van der Waals surface area contributed by atoms with Gasteiger partial charge in [0.25, 0.3) is 0 Å². The first-order valence-corrected chi connectivity index (χ1v) is 8.07. The van der Waals surface area contributed by atoms with E-state index >= 15 is 0 Å². The van der Waals surface area contributed by atoms with Gasteiger partial charge in [-0.2, -0.15) is 11.8 Å². The van der Waals surface area contributed by atoms with Crippen LogP contribution in [0.4, 0.5) is 0 Å². The van der Waals surface area contributed by atoms with E-state index in [0.717, 1.165) is 24.3 Å². The van der Waals surface area contributed by atoms with Gasteiger partial charge in [0.05, 0.1) is 6.33 Å². The average Bonchev–Trinajstić information content (AvgIpc) is 3.12. The van der Waals surface area contributed by atoms with Gasteiger partial charge >= 0.3 is 0 Å². The molecule has 0 aliphatic rings. The van der Waals surface area contributed by atoms with E-state index < -0.39 is 0 Å². The van der Waals surface area contributed by atoms with Crippen molar-refractivity contribution in [3.63, 3.8) is 0 Å². The maximum atomic E-state index is 12.3. The van der Waals surface area contributed by atoms with Crippen molar-refractivity contribution in [1.82, 2.24) is 19.9 Å². The largest absolute Gasteiger partial charge is 0.354 e. The molecule has 0 bridgehead atoms. The van der Waals surface area contributed by atoms with Crippen LogP contribution in [0.5, 0.6) is 0 Å². The van der Waals surface area contributed by atoms with E-state index in [1.54, 1.807) is 24.3 Å². The van der Waals surface area contributed by atoms with Gasteiger partial charge in [0.1, 0.15) is 6.04 Å². The highest BCUT2D eigenvalue weighted by Gasteiger charge is 2.18. The number of carbonyl (C=O) groups is 1. The summed E-state index contributed by atoms with van der Waals surface area (Å²) < 4.78 is 1.97. The Bertz CT molecular complexity index is 495. The van der Waals surface area contributed by atoms with E-state index in [1.165, 1.54) is 0 Å². The van der Waals surface area contributed by atoms with Crippen LogP contribution in [0.25, 0.3) is 0 Å². The van der Waals surface area contributed by atoms with Crippen LogP contribution in [-0.4, -0.2) is 39.0 Å². The van der Waals surface area contributed by atoms with Gasteiger partial charge in [0.2, 0.25) is 5.91 Å². The van der Waals surface area contributed by atoms with Gasteiger partial charge in [-0.15, -0.1) is 0 Å². The van der Waals surface area contributed by atoms with E-state index in [4.69, 9.17) is 0 Å². The van der Waals surface area contributed by atoms with Crippen molar-refractivity contribution in [3.05, 3.63) is 42.7 Å². The lowest BCUT2D eigenvalue weighted by Crippen LogP contribution is -2.34. The van der Waals surface area contributed by atoms with Crippen LogP contribution < -0.4 is 5.32 Å². The molecule has 1 atom stereocenters. The number of aromatic amines is 1. The fraction of sp³-hybridized carbons (Fsp3) is 0.429. The minimum atomic E-state index is -0.126. The van der Waals surface area contributed by atoms with E-state index in [9.17, 15) is 4.79 Å². The molecule has 2 aromatic heterocycles. The van der Waals surface area contributed by atoms with Gasteiger partial charge in [-0.25, -0.2) is 4.98 Å². The lowest BCUT2D eigenvalue weighted by atomic mass is 10.2. The SMILES string of the molecule is CSCC[C@@H](C(=O)NCCc1cnc[nH]1)n1cccc1. The van der Waals surface area contributed by atoms with E-state index in [1.807, 2.05) is 29.1 Å². The first-order chi connectivity index (χ1) is 9.81. The number of hydrogen-bond acceptors (Lipinski definition) is 3. The summed E-state index contributed by atoms with van der Waals surface area (Å²) in [6.45, 7) is 0.623. The van der Waals surface area contributed by atoms with Crippen LogP contribution in [0.15, 0.2) is 37.1 Å². The summed E-state index contributed by atoms with van der Waals surface area (Å²) >= 11 is 1.76. The minimum Gasteiger partial charge on any atom is -0.354 e. The molecule has 108 valence electrons. The number of aromatic nitrogens is 3. The molecule has 0 fully saturated rings. The van der Waals surface area contributed by atoms with Gasteiger partial charge in [-0.3, -0.25) is 4.79 Å². The topological polar surface area (TPSA) is 62.7 Å². The molecule has 0 radical (unpaired) electrons. The van der Waals surface area contributed by atoms with Crippen LogP contribution in [-0.2, 0) is 11.2 Å². The highest BCUT2D eigenvalue weighted by Crippen LogP contribution is 2.15. The summed E-state index contributed by atoms with van der Waals surface area (Å²) in [7, 11) is 0. The van der Waals surface area contributed by atoms with Crippen molar-refractivity contribution >= 4 is 17.7 Å². The summed E-state index contributed by atoms with van der Waals surface area (Å²) in [6, 6.07) is 3.77. The number of hydrogen-bond donors (Lipinski definition) is 2. The van der Waals surface area contributed by atoms with Gasteiger partial charge in [-0.05, 0) is 30.6 Å². The van der Waals surface area contributed by atoms with Crippen LogP contribution in [0.2, 0.25) is 0 Å². The van der Waals surface area contributed by atoms with E-state index in [2.05, 4.69) is 21.5 Å². The van der Waals surface area contributed by atoms with Gasteiger partial charge in [-0.1, -0.05) is 0 Å². The van der Waals surface area contributed by atoms with Crippen molar-refractivity contribution in [2.45, 2.75) is 18.9 Å². The Morgan fingerprint density at radius 1 is 1.50 bits per heavy atom. The summed E-state index contributed by atoms with van der Waals surface area (Å²) in [6.07, 6.45) is 11.0. The monoisotopic (exact) mass is 292 g/mol. The number of thioether (sulfide) groups is 1. The molecule has 5 nitrogen and oxygen atoms in total. The summed E-state index contributed by atoms with van der Waals surface area (Å²) in [5, 5.41) is 3.00. The number of H-pyrrole nitrogens is 1. The fourth-order valence-electron chi connectivity index (χ4n) is 2.06. The lowest BCUT2D eigenvalue weighted by Gasteiger charge is -2.18. The quantitative estimate of drug-likeness (QED) is 0.780. The Kier molecular flexibility index (Phi) is 5.73. The molecule has 2 rings (SSSR count). The number of imidazole rings is 1. The molecule has 0 spiro atoms. The first-order valence-electron chi connectivity index (χ1n) is 6.67. The fourth-order valence-corrected chi connectivity index (χ4v) is 2.52. The Morgan fingerprint density at radius 3 is 2.95 bits per heavy atom. The smallest absolute Gasteiger partial charge is 0.243 e. The third-order valence-electron chi connectivity index (χ3n) is 3.13. The molecular formula is C14H20N4OS. The number of rotatable bonds is 8. The molecule has 2 N–H and O–H groups in total. The van der Waals surface area contributed by atoms with Crippen molar-refractivity contribution in [2.75, 3.05) is 18.6 Å². The molecule has 0 aromatic carbocycles. The predicted molar refractivity (Wildman–Crippen MR) is 81.8 cm³/mol. The molecular weight excluding hydrogens is 272 g/mol. The molecule has 2 heterocycles. The zero-order valence-corrected chi connectivity index (χ0v) is 12.4. The van der Waals surface area contributed by atoms with Gasteiger partial charge in [0.15, 0.2) is 0 Å². The number of nitrogens with one attached hydrogen (secondary N) is 2. The zero-order chi connectivity index (χ0) is 14.2. The summed E-state index contributed by atoms with van der Waals surface area (Å²) in [4.78, 5) is 19.3. The maximum Gasteiger partial charge on any atom is 0.243 e. The van der Waals surface area contributed by atoms with Crippen LogP contribution in [0.1, 0.15) is 18.2 Å². The summed E-state index contributed by atoms with van der Waals surface area (Å²) in [5.74, 6) is 1.05. The Morgan fingerprint density at radius 2 is 2.30 bits per heavy atom. The Hall–Kier alpha value is -1.69. The molecule has 2 aromatic rings. The third-order valence-corrected chi connectivity index (χ3v) is 3.78. The normalized spacial score (nSPS) is 12.2. The van der Waals surface area contributed by atoms with E-state index in [0.29, 0.717) is 6.54 Å². The third kappa shape index (κ3) is 4.16.